The van der Waals surface area contributed by atoms with Crippen LogP contribution in [0.5, 0.6) is 11.5 Å². The summed E-state index contributed by atoms with van der Waals surface area (Å²) in [5.41, 5.74) is 1.96. The minimum absolute atomic E-state index is 0.0481. The maximum Gasteiger partial charge on any atom is 0.253 e. The summed E-state index contributed by atoms with van der Waals surface area (Å²) in [6.45, 7) is 5.87. The van der Waals surface area contributed by atoms with Crippen LogP contribution in [0.1, 0.15) is 36.2 Å². The summed E-state index contributed by atoms with van der Waals surface area (Å²) in [7, 11) is 0. The van der Waals surface area contributed by atoms with Crippen LogP contribution in [-0.4, -0.2) is 36.6 Å². The van der Waals surface area contributed by atoms with Crippen molar-refractivity contribution in [3.63, 3.8) is 0 Å². The molecule has 2 aromatic rings. The minimum Gasteiger partial charge on any atom is -0.486 e. The molecule has 1 aliphatic rings. The Morgan fingerprint density at radius 2 is 1.80 bits per heavy atom. The van der Waals surface area contributed by atoms with Crippen LogP contribution in [0, 0.1) is 0 Å². The largest absolute Gasteiger partial charge is 0.486 e. The summed E-state index contributed by atoms with van der Waals surface area (Å²) in [5.74, 6) is 1.56. The van der Waals surface area contributed by atoms with Gasteiger partial charge in [0.15, 0.2) is 17.6 Å². The summed E-state index contributed by atoms with van der Waals surface area (Å²) >= 11 is 0. The third-order valence-corrected chi connectivity index (χ3v) is 4.38. The molecule has 0 radical (unpaired) electrons. The maximum atomic E-state index is 12.9. The number of aryl methyl sites for hydroxylation is 1. The molecule has 0 bridgehead atoms. The van der Waals surface area contributed by atoms with Crippen LogP contribution in [0.15, 0.2) is 48.5 Å². The van der Waals surface area contributed by atoms with Crippen LogP contribution in [-0.2, 0) is 6.42 Å². The van der Waals surface area contributed by atoms with Crippen molar-refractivity contribution < 1.29 is 14.3 Å². The highest BCUT2D eigenvalue weighted by Crippen LogP contribution is 2.31. The number of nitrogens with zero attached hydrogens (tertiary/aromatic N) is 1. The van der Waals surface area contributed by atoms with Gasteiger partial charge in [-0.1, -0.05) is 38.1 Å². The highest BCUT2D eigenvalue weighted by molar-refractivity contribution is 5.94. The molecule has 2 aromatic carbocycles. The van der Waals surface area contributed by atoms with E-state index in [4.69, 9.17) is 9.47 Å². The predicted molar refractivity (Wildman–Crippen MR) is 98.4 cm³/mol. The quantitative estimate of drug-likeness (QED) is 0.800. The number of ether oxygens (including phenoxy) is 2. The van der Waals surface area contributed by atoms with Gasteiger partial charge in [-0.2, -0.15) is 0 Å². The summed E-state index contributed by atoms with van der Waals surface area (Å²) in [5, 5.41) is 0. The van der Waals surface area contributed by atoms with E-state index in [2.05, 4.69) is 13.8 Å². The Morgan fingerprint density at radius 1 is 1.08 bits per heavy atom. The van der Waals surface area contributed by atoms with E-state index in [1.807, 2.05) is 53.4 Å². The number of rotatable bonds is 6. The Balaban J connectivity index is 1.69. The van der Waals surface area contributed by atoms with Gasteiger partial charge >= 0.3 is 0 Å². The van der Waals surface area contributed by atoms with Gasteiger partial charge in [-0.05, 0) is 42.7 Å². The van der Waals surface area contributed by atoms with Crippen molar-refractivity contribution in [3.05, 3.63) is 59.7 Å². The lowest BCUT2D eigenvalue weighted by atomic mass is 10.1. The number of amides is 1. The van der Waals surface area contributed by atoms with Crippen LogP contribution in [0.25, 0.3) is 0 Å². The molecule has 0 fully saturated rings. The molecule has 0 saturated heterocycles. The van der Waals surface area contributed by atoms with Crippen molar-refractivity contribution in [2.24, 2.45) is 0 Å². The number of hydrogen-bond acceptors (Lipinski definition) is 3. The van der Waals surface area contributed by atoms with Gasteiger partial charge in [0, 0.05) is 12.1 Å². The lowest BCUT2D eigenvalue weighted by Crippen LogP contribution is -2.44. The van der Waals surface area contributed by atoms with Gasteiger partial charge < -0.3 is 14.4 Å². The van der Waals surface area contributed by atoms with E-state index >= 15 is 0 Å². The standard InChI is InChI=1S/C21H25NO3/c1-3-13-22(21(23)17-11-9-16(4-2)10-12-17)14-18-15-24-19-7-5-6-8-20(19)25-18/h5-12,18H,3-4,13-15H2,1-2H3. The summed E-state index contributed by atoms with van der Waals surface area (Å²) in [6.07, 6.45) is 1.73. The lowest BCUT2D eigenvalue weighted by Gasteiger charge is -2.31. The third kappa shape index (κ3) is 4.13. The monoisotopic (exact) mass is 339 g/mol. The molecule has 0 N–H and O–H groups in total. The van der Waals surface area contributed by atoms with E-state index in [1.54, 1.807) is 0 Å². The number of carbonyl (C=O) groups excluding carboxylic acids is 1. The molecular formula is C21H25NO3. The second-order valence-corrected chi connectivity index (χ2v) is 6.30. The predicted octanol–water partition coefficient (Wildman–Crippen LogP) is 3.94. The fourth-order valence-corrected chi connectivity index (χ4v) is 3.01. The van der Waals surface area contributed by atoms with Gasteiger partial charge in [0.2, 0.25) is 0 Å². The number of benzene rings is 2. The molecule has 0 spiro atoms. The van der Waals surface area contributed by atoms with E-state index in [1.165, 1.54) is 5.56 Å². The Morgan fingerprint density at radius 3 is 2.48 bits per heavy atom. The van der Waals surface area contributed by atoms with E-state index in [0.717, 1.165) is 29.9 Å². The normalized spacial score (nSPS) is 15.7. The molecule has 25 heavy (non-hydrogen) atoms. The summed E-state index contributed by atoms with van der Waals surface area (Å²) in [6, 6.07) is 15.5. The number of fused-ring (bicyclic) bond motifs is 1. The molecule has 1 atom stereocenters. The fraction of sp³-hybridized carbons (Fsp3) is 0.381. The highest BCUT2D eigenvalue weighted by Gasteiger charge is 2.25. The molecular weight excluding hydrogens is 314 g/mol. The zero-order valence-corrected chi connectivity index (χ0v) is 14.9. The molecule has 1 unspecified atom stereocenters. The molecule has 1 heterocycles. The average molecular weight is 339 g/mol. The SMILES string of the molecule is CCCN(CC1COc2ccccc2O1)C(=O)c1ccc(CC)cc1. The van der Waals surface area contributed by atoms with Gasteiger partial charge in [0.1, 0.15) is 6.61 Å². The first-order chi connectivity index (χ1) is 12.2. The second kappa shape index (κ2) is 8.06. The zero-order valence-electron chi connectivity index (χ0n) is 14.9. The van der Waals surface area contributed by atoms with Crippen LogP contribution < -0.4 is 9.47 Å². The maximum absolute atomic E-state index is 12.9. The first kappa shape index (κ1) is 17.3. The van der Waals surface area contributed by atoms with E-state index in [0.29, 0.717) is 19.7 Å². The van der Waals surface area contributed by atoms with E-state index in [-0.39, 0.29) is 12.0 Å². The molecule has 3 rings (SSSR count). The van der Waals surface area contributed by atoms with E-state index in [9.17, 15) is 4.79 Å². The van der Waals surface area contributed by atoms with Gasteiger partial charge in [0.05, 0.1) is 6.54 Å². The first-order valence-corrected chi connectivity index (χ1v) is 8.98. The van der Waals surface area contributed by atoms with Crippen molar-refractivity contribution >= 4 is 5.91 Å². The van der Waals surface area contributed by atoms with Gasteiger partial charge in [-0.25, -0.2) is 0 Å². The lowest BCUT2D eigenvalue weighted by molar-refractivity contribution is 0.0462. The molecule has 0 aliphatic carbocycles. The molecule has 132 valence electrons. The third-order valence-electron chi connectivity index (χ3n) is 4.38. The van der Waals surface area contributed by atoms with Gasteiger partial charge in [-0.15, -0.1) is 0 Å². The first-order valence-electron chi connectivity index (χ1n) is 8.98. The molecule has 1 amide bonds. The van der Waals surface area contributed by atoms with Crippen molar-refractivity contribution in [2.45, 2.75) is 32.8 Å². The highest BCUT2D eigenvalue weighted by atomic mass is 16.6. The molecule has 4 heteroatoms. The molecule has 0 aromatic heterocycles. The van der Waals surface area contributed by atoms with Crippen LogP contribution in [0.2, 0.25) is 0 Å². The Labute approximate surface area is 149 Å². The van der Waals surface area contributed by atoms with Crippen LogP contribution >= 0.6 is 0 Å². The van der Waals surface area contributed by atoms with Crippen molar-refractivity contribution in [2.75, 3.05) is 19.7 Å². The Bertz CT molecular complexity index is 711. The van der Waals surface area contributed by atoms with Crippen LogP contribution in [0.4, 0.5) is 0 Å². The van der Waals surface area contributed by atoms with Crippen molar-refractivity contribution in [1.29, 1.82) is 0 Å². The van der Waals surface area contributed by atoms with Crippen molar-refractivity contribution in [1.82, 2.24) is 4.90 Å². The van der Waals surface area contributed by atoms with Gasteiger partial charge in [-0.3, -0.25) is 4.79 Å². The number of para-hydroxylation sites is 2. The van der Waals surface area contributed by atoms with Crippen molar-refractivity contribution in [3.8, 4) is 11.5 Å². The van der Waals surface area contributed by atoms with Gasteiger partial charge in [0.25, 0.3) is 5.91 Å². The molecule has 1 aliphatic heterocycles. The zero-order chi connectivity index (χ0) is 17.6. The van der Waals surface area contributed by atoms with E-state index < -0.39 is 0 Å². The molecule has 4 nitrogen and oxygen atoms in total. The Kier molecular flexibility index (Phi) is 5.59. The van der Waals surface area contributed by atoms with Crippen LogP contribution in [0.3, 0.4) is 0 Å². The average Bonchev–Trinajstić information content (AvgIpc) is 2.67. The summed E-state index contributed by atoms with van der Waals surface area (Å²) in [4.78, 5) is 14.7. The smallest absolute Gasteiger partial charge is 0.253 e. The molecule has 0 saturated carbocycles. The number of carbonyl (C=O) groups is 1. The summed E-state index contributed by atoms with van der Waals surface area (Å²) < 4.78 is 11.8. The minimum atomic E-state index is -0.152. The number of hydrogen-bond donors (Lipinski definition) is 0. The fourth-order valence-electron chi connectivity index (χ4n) is 3.01. The Hall–Kier alpha value is -2.49. The topological polar surface area (TPSA) is 38.8 Å². The second-order valence-electron chi connectivity index (χ2n) is 6.30.